The molecule has 4 rings (SSSR count). The van der Waals surface area contributed by atoms with Crippen LogP contribution in [0.2, 0.25) is 5.02 Å². The number of benzene rings is 3. The van der Waals surface area contributed by atoms with Gasteiger partial charge in [-0.3, -0.25) is 9.78 Å². The normalized spacial score (nSPS) is 12.0. The fourth-order valence-corrected chi connectivity index (χ4v) is 3.61. The van der Waals surface area contributed by atoms with Crippen LogP contribution in [0.25, 0.3) is 10.9 Å². The molecular weight excluding hydrogens is 366 g/mol. The third kappa shape index (κ3) is 4.29. The third-order valence-electron chi connectivity index (χ3n) is 4.98. The fourth-order valence-electron chi connectivity index (χ4n) is 3.48. The monoisotopic (exact) mass is 385 g/mol. The summed E-state index contributed by atoms with van der Waals surface area (Å²) in [6, 6.07) is 29.6. The number of rotatable bonds is 6. The second-order valence-corrected chi connectivity index (χ2v) is 7.38. The van der Waals surface area contributed by atoms with E-state index in [0.29, 0.717) is 23.4 Å². The molecule has 1 aromatic heterocycles. The summed E-state index contributed by atoms with van der Waals surface area (Å²) in [6.45, 7) is 0. The first-order valence-corrected chi connectivity index (χ1v) is 9.75. The molecule has 138 valence electrons. The van der Waals surface area contributed by atoms with Crippen molar-refractivity contribution in [3.63, 3.8) is 0 Å². The predicted octanol–water partition coefficient (Wildman–Crippen LogP) is 6.49. The molecule has 1 atom stereocenters. The van der Waals surface area contributed by atoms with Crippen molar-refractivity contribution in [2.24, 2.45) is 0 Å². The van der Waals surface area contributed by atoms with Gasteiger partial charge in [0.15, 0.2) is 5.78 Å². The Morgan fingerprint density at radius 3 is 2.32 bits per heavy atom. The molecule has 3 aromatic carbocycles. The molecule has 0 fully saturated rings. The Balaban J connectivity index is 1.61. The number of halogens is 1. The maximum Gasteiger partial charge on any atom is 0.163 e. The summed E-state index contributed by atoms with van der Waals surface area (Å²) < 4.78 is 0. The SMILES string of the molecule is O=C(CC(Cc1ccc2ccccc2n1)c1ccccc1)c1ccc(Cl)cc1. The zero-order valence-corrected chi connectivity index (χ0v) is 16.1. The Hall–Kier alpha value is -2.97. The number of Topliss-reactive ketones (excluding diaryl/α,β-unsaturated/α-hetero) is 1. The van der Waals surface area contributed by atoms with Crippen molar-refractivity contribution < 1.29 is 4.79 Å². The molecule has 0 saturated heterocycles. The van der Waals surface area contributed by atoms with Gasteiger partial charge in [0.05, 0.1) is 5.52 Å². The van der Waals surface area contributed by atoms with E-state index >= 15 is 0 Å². The van der Waals surface area contributed by atoms with E-state index < -0.39 is 0 Å². The summed E-state index contributed by atoms with van der Waals surface area (Å²) in [5.41, 5.74) is 3.82. The van der Waals surface area contributed by atoms with Gasteiger partial charge in [0.25, 0.3) is 0 Å². The van der Waals surface area contributed by atoms with Crippen molar-refractivity contribution in [3.8, 4) is 0 Å². The van der Waals surface area contributed by atoms with Crippen LogP contribution in [0.1, 0.15) is 34.0 Å². The van der Waals surface area contributed by atoms with Gasteiger partial charge in [0, 0.05) is 28.1 Å². The lowest BCUT2D eigenvalue weighted by molar-refractivity contribution is 0.0973. The minimum absolute atomic E-state index is 0.0676. The number of carbonyl (C=O) groups excluding carboxylic acids is 1. The van der Waals surface area contributed by atoms with Crippen LogP contribution in [0, 0.1) is 0 Å². The van der Waals surface area contributed by atoms with Crippen molar-refractivity contribution in [1.29, 1.82) is 0 Å². The molecule has 1 heterocycles. The molecule has 0 bridgehead atoms. The van der Waals surface area contributed by atoms with Gasteiger partial charge >= 0.3 is 0 Å². The molecule has 0 aliphatic carbocycles. The maximum absolute atomic E-state index is 12.9. The van der Waals surface area contributed by atoms with E-state index in [1.54, 1.807) is 24.3 Å². The fraction of sp³-hybridized carbons (Fsp3) is 0.120. The molecule has 0 N–H and O–H groups in total. The molecule has 0 amide bonds. The summed E-state index contributed by atoms with van der Waals surface area (Å²) in [7, 11) is 0. The second-order valence-electron chi connectivity index (χ2n) is 6.94. The van der Waals surface area contributed by atoms with Gasteiger partial charge < -0.3 is 0 Å². The van der Waals surface area contributed by atoms with Crippen LogP contribution in [0.3, 0.4) is 0 Å². The minimum Gasteiger partial charge on any atom is -0.294 e. The van der Waals surface area contributed by atoms with E-state index in [4.69, 9.17) is 16.6 Å². The summed E-state index contributed by atoms with van der Waals surface area (Å²) in [5, 5.41) is 1.76. The van der Waals surface area contributed by atoms with Crippen molar-refractivity contribution in [2.45, 2.75) is 18.8 Å². The standard InChI is InChI=1S/C25H20ClNO/c26-22-13-10-20(11-14-22)25(28)17-21(18-6-2-1-3-7-18)16-23-15-12-19-8-4-5-9-24(19)27-23/h1-15,21H,16-17H2. The average Bonchev–Trinajstić information content (AvgIpc) is 2.74. The van der Waals surface area contributed by atoms with Gasteiger partial charge in [-0.1, -0.05) is 66.2 Å². The number of ketones is 1. The van der Waals surface area contributed by atoms with Gasteiger partial charge in [-0.2, -0.15) is 0 Å². The van der Waals surface area contributed by atoms with Crippen molar-refractivity contribution in [2.75, 3.05) is 0 Å². The lowest BCUT2D eigenvalue weighted by Gasteiger charge is -2.17. The van der Waals surface area contributed by atoms with Crippen molar-refractivity contribution >= 4 is 28.3 Å². The maximum atomic E-state index is 12.9. The van der Waals surface area contributed by atoms with Crippen LogP contribution in [-0.4, -0.2) is 10.8 Å². The van der Waals surface area contributed by atoms with E-state index in [9.17, 15) is 4.79 Å². The summed E-state index contributed by atoms with van der Waals surface area (Å²) >= 11 is 5.95. The van der Waals surface area contributed by atoms with Crippen LogP contribution in [0.15, 0.2) is 91.0 Å². The molecule has 0 saturated carbocycles. The molecule has 0 radical (unpaired) electrons. The Bertz CT molecular complexity index is 1090. The Morgan fingerprint density at radius 2 is 1.54 bits per heavy atom. The number of nitrogens with zero attached hydrogens (tertiary/aromatic N) is 1. The van der Waals surface area contributed by atoms with Gasteiger partial charge in [-0.25, -0.2) is 0 Å². The molecule has 0 spiro atoms. The van der Waals surface area contributed by atoms with Gasteiger partial charge in [-0.15, -0.1) is 0 Å². The predicted molar refractivity (Wildman–Crippen MR) is 115 cm³/mol. The van der Waals surface area contributed by atoms with Gasteiger partial charge in [-0.05, 0) is 54.3 Å². The number of fused-ring (bicyclic) bond motifs is 1. The summed E-state index contributed by atoms with van der Waals surface area (Å²) in [5.74, 6) is 0.185. The van der Waals surface area contributed by atoms with Crippen molar-refractivity contribution in [1.82, 2.24) is 4.98 Å². The summed E-state index contributed by atoms with van der Waals surface area (Å²) in [4.78, 5) is 17.7. The van der Waals surface area contributed by atoms with Crippen LogP contribution in [0.5, 0.6) is 0 Å². The first-order chi connectivity index (χ1) is 13.7. The minimum atomic E-state index is 0.0676. The van der Waals surface area contributed by atoms with Crippen LogP contribution >= 0.6 is 11.6 Å². The van der Waals surface area contributed by atoms with Crippen LogP contribution < -0.4 is 0 Å². The van der Waals surface area contributed by atoms with E-state index in [1.165, 1.54) is 0 Å². The quantitative estimate of drug-likeness (QED) is 0.355. The number of carbonyl (C=O) groups is 1. The average molecular weight is 386 g/mol. The van der Waals surface area contributed by atoms with E-state index in [0.717, 1.165) is 22.2 Å². The van der Waals surface area contributed by atoms with Gasteiger partial charge in [0.1, 0.15) is 0 Å². The van der Waals surface area contributed by atoms with E-state index in [1.807, 2.05) is 36.4 Å². The molecule has 0 aliphatic rings. The highest BCUT2D eigenvalue weighted by molar-refractivity contribution is 6.30. The smallest absolute Gasteiger partial charge is 0.163 e. The Kier molecular flexibility index (Phi) is 5.50. The van der Waals surface area contributed by atoms with Crippen molar-refractivity contribution in [3.05, 3.63) is 113 Å². The molecule has 3 heteroatoms. The number of hydrogen-bond acceptors (Lipinski definition) is 2. The lowest BCUT2D eigenvalue weighted by Crippen LogP contribution is -2.11. The van der Waals surface area contributed by atoms with Crippen LogP contribution in [0.4, 0.5) is 0 Å². The number of hydrogen-bond donors (Lipinski definition) is 0. The number of para-hydroxylation sites is 1. The van der Waals surface area contributed by atoms with E-state index in [2.05, 4.69) is 30.3 Å². The van der Waals surface area contributed by atoms with E-state index in [-0.39, 0.29) is 11.7 Å². The van der Waals surface area contributed by atoms with Gasteiger partial charge in [0.2, 0.25) is 0 Å². The zero-order chi connectivity index (χ0) is 19.3. The highest BCUT2D eigenvalue weighted by Crippen LogP contribution is 2.27. The Labute approximate surface area is 169 Å². The molecule has 2 nitrogen and oxygen atoms in total. The third-order valence-corrected chi connectivity index (χ3v) is 5.23. The zero-order valence-electron chi connectivity index (χ0n) is 15.4. The number of aromatic nitrogens is 1. The number of pyridine rings is 1. The molecule has 4 aromatic rings. The first kappa shape index (κ1) is 18.4. The molecule has 28 heavy (non-hydrogen) atoms. The largest absolute Gasteiger partial charge is 0.294 e. The topological polar surface area (TPSA) is 30.0 Å². The molecule has 0 aliphatic heterocycles. The van der Waals surface area contributed by atoms with Crippen LogP contribution in [-0.2, 0) is 6.42 Å². The molecule has 1 unspecified atom stereocenters. The Morgan fingerprint density at radius 1 is 0.821 bits per heavy atom. The highest BCUT2D eigenvalue weighted by atomic mass is 35.5. The highest BCUT2D eigenvalue weighted by Gasteiger charge is 2.18. The lowest BCUT2D eigenvalue weighted by atomic mass is 9.87. The second kappa shape index (κ2) is 8.37. The molecular formula is C25H20ClNO. The summed E-state index contributed by atoms with van der Waals surface area (Å²) in [6.07, 6.45) is 1.15. The first-order valence-electron chi connectivity index (χ1n) is 9.37.